The van der Waals surface area contributed by atoms with E-state index in [0.717, 1.165) is 110 Å². The maximum Gasteiger partial charge on any atom is 0.194 e. The molecule has 13 aromatic rings. The summed E-state index contributed by atoms with van der Waals surface area (Å²) < 4.78 is 0. The highest BCUT2D eigenvalue weighted by Crippen LogP contribution is 2.64. The lowest BCUT2D eigenvalue weighted by Gasteiger charge is -2.36. The smallest absolute Gasteiger partial charge is 0.194 e. The van der Waals surface area contributed by atoms with Gasteiger partial charge in [-0.25, -0.2) is 19.9 Å². The van der Waals surface area contributed by atoms with E-state index >= 15 is 0 Å². The molecule has 0 bridgehead atoms. The summed E-state index contributed by atoms with van der Waals surface area (Å²) in [4.78, 5) is 51.3. The van der Waals surface area contributed by atoms with Gasteiger partial charge in [-0.15, -0.1) is 0 Å². The zero-order valence-corrected chi connectivity index (χ0v) is 54.9. The van der Waals surface area contributed by atoms with Crippen LogP contribution in [0.25, 0.3) is 86.0 Å². The normalized spacial score (nSPS) is 15.0. The summed E-state index contributed by atoms with van der Waals surface area (Å²) in [6, 6.07) is 76.7. The SMILES string of the molecule is Cc1ccc(C2(c3ccc(C)cc3)c3cc(-c4nc5sc(C=C6C(=O)c7ccccc7C6=C(C#N)C#N)nc5s4)ccc3-c3cc4c(cc32)-c2ccc(-c3nc5sc(/C=C6\C(=O)c7ccccc7C6=C(C#N)C#N)nc5s3)cc2C4(c2ccc(C)cc2)c2ccc(C)cc2)cc1. The molecule has 0 spiro atoms. The van der Waals surface area contributed by atoms with E-state index in [4.69, 9.17) is 19.9 Å². The second-order valence-corrected chi connectivity index (χ2v) is 28.6. The summed E-state index contributed by atoms with van der Waals surface area (Å²) in [5.74, 6) is -0.513. The molecule has 0 aliphatic heterocycles. The first-order valence-electron chi connectivity index (χ1n) is 31.0. The van der Waals surface area contributed by atoms with Gasteiger partial charge in [0.25, 0.3) is 0 Å². The Balaban J connectivity index is 0.840. The quantitative estimate of drug-likeness (QED) is 0.105. The first-order chi connectivity index (χ1) is 46.8. The van der Waals surface area contributed by atoms with Gasteiger partial charge in [0.1, 0.15) is 55.5 Å². The number of aryl methyl sites for hydroxylation is 4. The number of carbonyl (C=O) groups is 2. The number of ketones is 2. The molecule has 9 aromatic carbocycles. The molecule has 0 atom stereocenters. The number of nitrogens with zero attached hydrogens (tertiary/aromatic N) is 8. The summed E-state index contributed by atoms with van der Waals surface area (Å²) in [5, 5.41) is 42.7. The highest BCUT2D eigenvalue weighted by Gasteiger charge is 2.52. The predicted octanol–water partition coefficient (Wildman–Crippen LogP) is 19.3. The van der Waals surface area contributed by atoms with Crippen LogP contribution >= 0.6 is 45.3 Å². The number of benzene rings is 9. The molecule has 450 valence electrons. The number of Topliss-reactive ketones (excluding diaryl/α,β-unsaturated/α-hetero) is 2. The van der Waals surface area contributed by atoms with Gasteiger partial charge in [-0.3, -0.25) is 9.59 Å². The fourth-order valence-corrected chi connectivity index (χ4v) is 18.8. The van der Waals surface area contributed by atoms with Gasteiger partial charge in [0.15, 0.2) is 30.9 Å². The van der Waals surface area contributed by atoms with E-state index in [1.54, 1.807) is 60.7 Å². The van der Waals surface area contributed by atoms with Crippen molar-refractivity contribution in [2.45, 2.75) is 38.5 Å². The van der Waals surface area contributed by atoms with Crippen molar-refractivity contribution in [1.82, 2.24) is 19.9 Å². The number of allylic oxidation sites excluding steroid dienone is 6. The molecule has 0 fully saturated rings. The average molecular weight is 1300 g/mol. The standard InChI is InChI=1S/C82H46N8O2S4/c1-43-13-23-51(24-14-43)81(52-25-15-44(2)16-26-52)65-33-47(75-89-79-77(95-75)87-69(93-79)37-63-71(49(39-83)40-84)57-9-5-7-11-59(57)73(63)91)21-31-55(65)61-36-68-62(35-67(61)81)56-32-22-48(34-66(56)82(68,53-27-17-45(3)18-28-53)54-29-19-46(4)20-30-54)76-90-80-78(96-76)88-70(94-80)38-64-72(50(41-85)42-86)58-10-6-8-12-60(58)74(64)92/h5-38H,1-4H3/b63-37-,64-38?. The van der Waals surface area contributed by atoms with Crippen LogP contribution in [-0.4, -0.2) is 31.5 Å². The summed E-state index contributed by atoms with van der Waals surface area (Å²) >= 11 is 5.72. The van der Waals surface area contributed by atoms with Crippen molar-refractivity contribution >= 4 is 99.5 Å². The number of carbonyl (C=O) groups excluding carboxylic acids is 2. The molecule has 0 amide bonds. The van der Waals surface area contributed by atoms with Gasteiger partial charge in [-0.05, 0) is 142 Å². The Morgan fingerprint density at radius 3 is 0.990 bits per heavy atom. The molecule has 14 heteroatoms. The van der Waals surface area contributed by atoms with Crippen molar-refractivity contribution in [3.63, 3.8) is 0 Å². The molecule has 4 aliphatic rings. The lowest BCUT2D eigenvalue weighted by atomic mass is 9.65. The van der Waals surface area contributed by atoms with Gasteiger partial charge in [0.2, 0.25) is 0 Å². The third-order valence-corrected chi connectivity index (χ3v) is 23.3. The summed E-state index contributed by atoms with van der Waals surface area (Å²) in [6.07, 6.45) is 3.38. The van der Waals surface area contributed by atoms with Crippen LogP contribution in [0.2, 0.25) is 0 Å². The van der Waals surface area contributed by atoms with Crippen molar-refractivity contribution in [3.8, 4) is 67.7 Å². The van der Waals surface area contributed by atoms with Crippen molar-refractivity contribution in [2.24, 2.45) is 0 Å². The Morgan fingerprint density at radius 2 is 0.667 bits per heavy atom. The van der Waals surface area contributed by atoms with E-state index in [9.17, 15) is 30.6 Å². The number of thiazole rings is 4. The van der Waals surface area contributed by atoms with Crippen LogP contribution in [0.5, 0.6) is 0 Å². The Morgan fingerprint density at radius 1 is 0.354 bits per heavy atom. The van der Waals surface area contributed by atoms with Gasteiger partial charge in [-0.2, -0.15) is 21.0 Å². The molecule has 10 nitrogen and oxygen atoms in total. The van der Waals surface area contributed by atoms with Crippen LogP contribution in [0.1, 0.15) is 109 Å². The highest BCUT2D eigenvalue weighted by atomic mass is 32.1. The van der Waals surface area contributed by atoms with Crippen molar-refractivity contribution in [1.29, 1.82) is 21.0 Å². The third kappa shape index (κ3) is 8.54. The maximum atomic E-state index is 13.9. The molecule has 0 saturated carbocycles. The molecule has 96 heavy (non-hydrogen) atoms. The van der Waals surface area contributed by atoms with Crippen molar-refractivity contribution in [3.05, 3.63) is 315 Å². The zero-order chi connectivity index (χ0) is 65.5. The fraction of sp³-hybridized carbons (Fsp3) is 0.0732. The molecule has 0 radical (unpaired) electrons. The first-order valence-corrected chi connectivity index (χ1v) is 34.2. The molecule has 4 aromatic heterocycles. The van der Waals surface area contributed by atoms with E-state index in [1.165, 1.54) is 45.3 Å². The summed E-state index contributed by atoms with van der Waals surface area (Å²) in [5.41, 5.74) is 21.3. The number of rotatable bonds is 8. The third-order valence-electron chi connectivity index (χ3n) is 19.2. The van der Waals surface area contributed by atoms with E-state index in [0.29, 0.717) is 62.7 Å². The van der Waals surface area contributed by atoms with E-state index in [1.807, 2.05) is 24.3 Å². The first kappa shape index (κ1) is 58.1. The molecule has 17 rings (SSSR count). The minimum Gasteiger partial charge on any atom is -0.289 e. The van der Waals surface area contributed by atoms with E-state index in [2.05, 4.69) is 173 Å². The number of hydrogen-bond donors (Lipinski definition) is 0. The van der Waals surface area contributed by atoms with Crippen LogP contribution in [0.15, 0.2) is 216 Å². The van der Waals surface area contributed by atoms with Crippen LogP contribution < -0.4 is 0 Å². The van der Waals surface area contributed by atoms with E-state index in [-0.39, 0.29) is 33.9 Å². The van der Waals surface area contributed by atoms with Gasteiger partial charge in [0.05, 0.1) is 10.8 Å². The van der Waals surface area contributed by atoms with Crippen LogP contribution in [-0.2, 0) is 10.8 Å². The second-order valence-electron chi connectivity index (χ2n) is 24.6. The Bertz CT molecular complexity index is 5410. The largest absolute Gasteiger partial charge is 0.289 e. The second kappa shape index (κ2) is 21.9. The molecular weight excluding hydrogens is 1260 g/mol. The number of nitriles is 4. The van der Waals surface area contributed by atoms with Gasteiger partial charge >= 0.3 is 0 Å². The summed E-state index contributed by atoms with van der Waals surface area (Å²) in [6.45, 7) is 8.51. The van der Waals surface area contributed by atoms with Crippen LogP contribution in [0, 0.1) is 73.0 Å². The Kier molecular flexibility index (Phi) is 13.3. The zero-order valence-electron chi connectivity index (χ0n) is 51.7. The lowest BCUT2D eigenvalue weighted by Crippen LogP contribution is -2.30. The van der Waals surface area contributed by atoms with Crippen molar-refractivity contribution < 1.29 is 9.59 Å². The minimum absolute atomic E-state index is 0.125. The molecule has 0 unspecified atom stereocenters. The average Bonchev–Trinajstić information content (AvgIpc) is 1.51. The molecular formula is C82H46N8O2S4. The number of hydrogen-bond acceptors (Lipinski definition) is 14. The maximum absolute atomic E-state index is 13.9. The monoisotopic (exact) mass is 1300 g/mol. The predicted molar refractivity (Wildman–Crippen MR) is 382 cm³/mol. The van der Waals surface area contributed by atoms with Crippen LogP contribution in [0.3, 0.4) is 0 Å². The highest BCUT2D eigenvalue weighted by molar-refractivity contribution is 7.29. The molecule has 0 N–H and O–H groups in total. The van der Waals surface area contributed by atoms with Gasteiger partial charge in [-0.1, -0.05) is 237 Å². The van der Waals surface area contributed by atoms with Gasteiger partial charge < -0.3 is 0 Å². The number of fused-ring (bicyclic) bond motifs is 10. The van der Waals surface area contributed by atoms with Crippen molar-refractivity contribution in [2.75, 3.05) is 0 Å². The summed E-state index contributed by atoms with van der Waals surface area (Å²) in [7, 11) is 0. The Labute approximate surface area is 567 Å². The van der Waals surface area contributed by atoms with E-state index < -0.39 is 10.8 Å². The Hall–Kier alpha value is -11.7. The topological polar surface area (TPSA) is 181 Å². The molecule has 4 aliphatic carbocycles. The van der Waals surface area contributed by atoms with Crippen LogP contribution in [0.4, 0.5) is 0 Å². The molecule has 0 saturated heterocycles. The lowest BCUT2D eigenvalue weighted by molar-refractivity contribution is 0.103. The number of aromatic nitrogens is 4. The minimum atomic E-state index is -0.820. The fourth-order valence-electron chi connectivity index (χ4n) is 14.8. The molecule has 4 heterocycles. The van der Waals surface area contributed by atoms with Gasteiger partial charge in [0, 0.05) is 44.5 Å².